The molecule has 1 aliphatic rings. The molecule has 4 nitrogen and oxygen atoms in total. The molecule has 0 saturated carbocycles. The molecular formula is C17H23N3O. The van der Waals surface area contributed by atoms with Crippen LogP contribution in [0.1, 0.15) is 18.2 Å². The van der Waals surface area contributed by atoms with Crippen molar-refractivity contribution in [2.24, 2.45) is 5.73 Å². The van der Waals surface area contributed by atoms with Gasteiger partial charge < -0.3 is 10.5 Å². The van der Waals surface area contributed by atoms with Crippen molar-refractivity contribution in [2.75, 3.05) is 19.7 Å². The Hall–Kier alpha value is -1.49. The van der Waals surface area contributed by atoms with Crippen LogP contribution in [0.2, 0.25) is 0 Å². The number of fused-ring (bicyclic) bond motifs is 1. The Balaban J connectivity index is 1.90. The van der Waals surface area contributed by atoms with Crippen LogP contribution in [0.15, 0.2) is 30.3 Å². The molecule has 3 rings (SSSR count). The summed E-state index contributed by atoms with van der Waals surface area (Å²) in [6, 6.07) is 11.0. The van der Waals surface area contributed by atoms with E-state index in [4.69, 9.17) is 10.5 Å². The minimum absolute atomic E-state index is 0.149. The predicted octanol–water partition coefficient (Wildman–Crippen LogP) is 2.09. The molecule has 21 heavy (non-hydrogen) atoms. The van der Waals surface area contributed by atoms with Crippen molar-refractivity contribution in [2.45, 2.75) is 32.5 Å². The maximum absolute atomic E-state index is 5.76. The lowest BCUT2D eigenvalue weighted by Crippen LogP contribution is -2.50. The first-order chi connectivity index (χ1) is 10.2. The summed E-state index contributed by atoms with van der Waals surface area (Å²) in [6.45, 7) is 7.42. The quantitative estimate of drug-likeness (QED) is 0.938. The molecular weight excluding hydrogens is 262 g/mol. The van der Waals surface area contributed by atoms with Crippen LogP contribution in [0.5, 0.6) is 0 Å². The lowest BCUT2D eigenvalue weighted by Gasteiger charge is -2.37. The molecule has 1 aliphatic heterocycles. The van der Waals surface area contributed by atoms with Crippen molar-refractivity contribution in [1.29, 1.82) is 0 Å². The van der Waals surface area contributed by atoms with E-state index in [0.717, 1.165) is 30.9 Å². The Morgan fingerprint density at radius 3 is 3.00 bits per heavy atom. The molecule has 4 heteroatoms. The van der Waals surface area contributed by atoms with Crippen molar-refractivity contribution in [1.82, 2.24) is 9.88 Å². The zero-order valence-electron chi connectivity index (χ0n) is 12.7. The molecule has 112 valence electrons. The number of morpholine rings is 1. The molecule has 1 fully saturated rings. The van der Waals surface area contributed by atoms with E-state index in [1.165, 1.54) is 10.9 Å². The topological polar surface area (TPSA) is 51.4 Å². The minimum Gasteiger partial charge on any atom is -0.374 e. The predicted molar refractivity (Wildman–Crippen MR) is 85.1 cm³/mol. The zero-order valence-corrected chi connectivity index (χ0v) is 12.7. The Morgan fingerprint density at radius 2 is 2.19 bits per heavy atom. The van der Waals surface area contributed by atoms with Gasteiger partial charge in [-0.1, -0.05) is 18.2 Å². The highest BCUT2D eigenvalue weighted by Crippen LogP contribution is 2.22. The molecule has 2 unspecified atom stereocenters. The standard InChI is InChI=1S/C17H23N3O/c1-12-7-14(16-5-3-4-6-17(16)19-12)9-20-10-15(8-18)21-11-13(20)2/h3-7,13,15H,8-11,18H2,1-2H3. The fraction of sp³-hybridized carbons (Fsp3) is 0.471. The molecule has 0 amide bonds. The SMILES string of the molecule is Cc1cc(CN2CC(CN)OCC2C)c2ccccc2n1. The molecule has 0 spiro atoms. The third-order valence-electron chi connectivity index (χ3n) is 4.20. The van der Waals surface area contributed by atoms with Gasteiger partial charge in [0, 0.05) is 36.8 Å². The lowest BCUT2D eigenvalue weighted by molar-refractivity contribution is -0.0566. The van der Waals surface area contributed by atoms with Gasteiger partial charge in [0.05, 0.1) is 18.2 Å². The highest BCUT2D eigenvalue weighted by atomic mass is 16.5. The van der Waals surface area contributed by atoms with Gasteiger partial charge in [0.15, 0.2) is 0 Å². The number of benzene rings is 1. The van der Waals surface area contributed by atoms with Gasteiger partial charge >= 0.3 is 0 Å². The summed E-state index contributed by atoms with van der Waals surface area (Å²) in [7, 11) is 0. The van der Waals surface area contributed by atoms with Gasteiger partial charge in [-0.2, -0.15) is 0 Å². The second kappa shape index (κ2) is 6.10. The number of rotatable bonds is 3. The van der Waals surface area contributed by atoms with E-state index in [1.807, 2.05) is 6.07 Å². The smallest absolute Gasteiger partial charge is 0.0824 e. The second-order valence-corrected chi connectivity index (χ2v) is 5.91. The molecule has 0 radical (unpaired) electrons. The van der Waals surface area contributed by atoms with E-state index in [9.17, 15) is 0 Å². The molecule has 2 atom stereocenters. The molecule has 0 aliphatic carbocycles. The molecule has 2 aromatic rings. The van der Waals surface area contributed by atoms with Crippen LogP contribution in [0.4, 0.5) is 0 Å². The Bertz CT molecular complexity index is 628. The molecule has 0 bridgehead atoms. The Labute approximate surface area is 125 Å². The summed E-state index contributed by atoms with van der Waals surface area (Å²) in [5, 5.41) is 1.24. The van der Waals surface area contributed by atoms with E-state index in [-0.39, 0.29) is 6.10 Å². The van der Waals surface area contributed by atoms with Gasteiger partial charge in [0.25, 0.3) is 0 Å². The Kier molecular flexibility index (Phi) is 4.19. The summed E-state index contributed by atoms with van der Waals surface area (Å²) < 4.78 is 5.74. The van der Waals surface area contributed by atoms with Crippen molar-refractivity contribution in [3.63, 3.8) is 0 Å². The number of pyridine rings is 1. The van der Waals surface area contributed by atoms with Gasteiger partial charge in [-0.15, -0.1) is 0 Å². The number of nitrogens with zero attached hydrogens (tertiary/aromatic N) is 2. The van der Waals surface area contributed by atoms with Crippen LogP contribution in [0, 0.1) is 6.92 Å². The first-order valence-electron chi connectivity index (χ1n) is 7.58. The average Bonchev–Trinajstić information content (AvgIpc) is 2.49. The van der Waals surface area contributed by atoms with Gasteiger partial charge in [0.1, 0.15) is 0 Å². The van der Waals surface area contributed by atoms with Gasteiger partial charge in [-0.3, -0.25) is 9.88 Å². The number of ether oxygens (including phenoxy) is 1. The fourth-order valence-corrected chi connectivity index (χ4v) is 2.98. The first kappa shape index (κ1) is 14.4. The normalized spacial score (nSPS) is 23.6. The van der Waals surface area contributed by atoms with Gasteiger partial charge in [-0.05, 0) is 31.5 Å². The monoisotopic (exact) mass is 285 g/mol. The van der Waals surface area contributed by atoms with Crippen LogP contribution in [-0.4, -0.2) is 41.7 Å². The summed E-state index contributed by atoms with van der Waals surface area (Å²) in [5.74, 6) is 0. The van der Waals surface area contributed by atoms with Crippen molar-refractivity contribution in [3.05, 3.63) is 41.6 Å². The second-order valence-electron chi connectivity index (χ2n) is 5.91. The average molecular weight is 285 g/mol. The fourth-order valence-electron chi connectivity index (χ4n) is 2.98. The van der Waals surface area contributed by atoms with E-state index < -0.39 is 0 Å². The summed E-state index contributed by atoms with van der Waals surface area (Å²) in [6.07, 6.45) is 0.149. The molecule has 1 aromatic carbocycles. The molecule has 2 N–H and O–H groups in total. The minimum atomic E-state index is 0.149. The van der Waals surface area contributed by atoms with Crippen LogP contribution in [-0.2, 0) is 11.3 Å². The highest BCUT2D eigenvalue weighted by Gasteiger charge is 2.25. The van der Waals surface area contributed by atoms with E-state index >= 15 is 0 Å². The maximum atomic E-state index is 5.76. The van der Waals surface area contributed by atoms with Crippen molar-refractivity contribution < 1.29 is 4.74 Å². The maximum Gasteiger partial charge on any atom is 0.0824 e. The number of nitrogens with two attached hydrogens (primary N) is 1. The number of aryl methyl sites for hydroxylation is 1. The third-order valence-corrected chi connectivity index (χ3v) is 4.20. The number of aromatic nitrogens is 1. The van der Waals surface area contributed by atoms with E-state index in [0.29, 0.717) is 12.6 Å². The number of hydrogen-bond donors (Lipinski definition) is 1. The third kappa shape index (κ3) is 3.07. The zero-order chi connectivity index (χ0) is 14.8. The van der Waals surface area contributed by atoms with E-state index in [1.54, 1.807) is 0 Å². The first-order valence-corrected chi connectivity index (χ1v) is 7.58. The van der Waals surface area contributed by atoms with Gasteiger partial charge in [0.2, 0.25) is 0 Å². The van der Waals surface area contributed by atoms with Crippen molar-refractivity contribution >= 4 is 10.9 Å². The van der Waals surface area contributed by atoms with Crippen LogP contribution < -0.4 is 5.73 Å². The van der Waals surface area contributed by atoms with Crippen molar-refractivity contribution in [3.8, 4) is 0 Å². The highest BCUT2D eigenvalue weighted by molar-refractivity contribution is 5.82. The van der Waals surface area contributed by atoms with Crippen LogP contribution >= 0.6 is 0 Å². The summed E-state index contributed by atoms with van der Waals surface area (Å²) in [5.41, 5.74) is 9.24. The van der Waals surface area contributed by atoms with E-state index in [2.05, 4.69) is 48.0 Å². The molecule has 1 saturated heterocycles. The summed E-state index contributed by atoms with van der Waals surface area (Å²) >= 11 is 0. The van der Waals surface area contributed by atoms with Crippen LogP contribution in [0.3, 0.4) is 0 Å². The molecule has 2 heterocycles. The number of hydrogen-bond acceptors (Lipinski definition) is 4. The van der Waals surface area contributed by atoms with Crippen LogP contribution in [0.25, 0.3) is 10.9 Å². The Morgan fingerprint density at radius 1 is 1.38 bits per heavy atom. The molecule has 1 aromatic heterocycles. The lowest BCUT2D eigenvalue weighted by atomic mass is 10.1. The number of para-hydroxylation sites is 1. The van der Waals surface area contributed by atoms with Gasteiger partial charge in [-0.25, -0.2) is 0 Å². The summed E-state index contributed by atoms with van der Waals surface area (Å²) in [4.78, 5) is 7.08. The largest absolute Gasteiger partial charge is 0.374 e.